The molecule has 0 atom stereocenters. The van der Waals surface area contributed by atoms with E-state index in [-0.39, 0.29) is 5.78 Å². The molecule has 0 aromatic heterocycles. The second-order valence-electron chi connectivity index (χ2n) is 6.12. The van der Waals surface area contributed by atoms with E-state index in [0.717, 1.165) is 35.5 Å². The molecule has 1 aliphatic heterocycles. The van der Waals surface area contributed by atoms with Crippen LogP contribution in [0.15, 0.2) is 36.4 Å². The molecule has 3 heteroatoms. The lowest BCUT2D eigenvalue weighted by molar-refractivity contribution is 0.103. The molecule has 1 saturated heterocycles. The smallest absolute Gasteiger partial charge is 0.193 e. The summed E-state index contributed by atoms with van der Waals surface area (Å²) in [6.07, 6.45) is 2.42. The largest absolute Gasteiger partial charge is 0.397 e. The SMILES string of the molecule is Cc1ccc(C)c(C(=O)c2ccc(N3CCCC3)c(N)c2)c1. The summed E-state index contributed by atoms with van der Waals surface area (Å²) in [7, 11) is 0. The fraction of sp³-hybridized carbons (Fsp3) is 0.316. The molecule has 2 aromatic rings. The second kappa shape index (κ2) is 5.84. The van der Waals surface area contributed by atoms with Crippen LogP contribution < -0.4 is 10.6 Å². The molecule has 0 radical (unpaired) electrons. The highest BCUT2D eigenvalue weighted by atomic mass is 16.1. The summed E-state index contributed by atoms with van der Waals surface area (Å²) < 4.78 is 0. The van der Waals surface area contributed by atoms with Crippen LogP contribution in [0.25, 0.3) is 0 Å². The van der Waals surface area contributed by atoms with Crippen LogP contribution in [0.3, 0.4) is 0 Å². The summed E-state index contributed by atoms with van der Waals surface area (Å²) in [5, 5.41) is 0. The number of hydrogen-bond acceptors (Lipinski definition) is 3. The van der Waals surface area contributed by atoms with Gasteiger partial charge in [0.15, 0.2) is 5.78 Å². The van der Waals surface area contributed by atoms with E-state index in [1.54, 1.807) is 0 Å². The third-order valence-electron chi connectivity index (χ3n) is 4.37. The minimum absolute atomic E-state index is 0.0425. The zero-order valence-corrected chi connectivity index (χ0v) is 13.2. The Morgan fingerprint density at radius 3 is 2.45 bits per heavy atom. The van der Waals surface area contributed by atoms with Crippen molar-refractivity contribution in [3.8, 4) is 0 Å². The Hall–Kier alpha value is -2.29. The molecule has 0 unspecified atom stereocenters. The fourth-order valence-electron chi connectivity index (χ4n) is 3.08. The maximum atomic E-state index is 12.7. The Labute approximate surface area is 131 Å². The van der Waals surface area contributed by atoms with Crippen LogP contribution in [-0.4, -0.2) is 18.9 Å². The van der Waals surface area contributed by atoms with Crippen molar-refractivity contribution in [3.05, 3.63) is 58.7 Å². The molecular formula is C19H22N2O. The Kier molecular flexibility index (Phi) is 3.88. The van der Waals surface area contributed by atoms with Gasteiger partial charge >= 0.3 is 0 Å². The molecule has 0 aliphatic carbocycles. The lowest BCUT2D eigenvalue weighted by Crippen LogP contribution is -2.19. The molecule has 1 fully saturated rings. The third kappa shape index (κ3) is 2.71. The molecule has 0 saturated carbocycles. The number of carbonyl (C=O) groups is 1. The summed E-state index contributed by atoms with van der Waals surface area (Å²) in [5.41, 5.74) is 11.4. The van der Waals surface area contributed by atoms with Gasteiger partial charge in [-0.15, -0.1) is 0 Å². The van der Waals surface area contributed by atoms with Crippen LogP contribution in [0, 0.1) is 13.8 Å². The summed E-state index contributed by atoms with van der Waals surface area (Å²) in [6, 6.07) is 11.7. The predicted octanol–water partition coefficient (Wildman–Crippen LogP) is 3.72. The van der Waals surface area contributed by atoms with Gasteiger partial charge in [0.1, 0.15) is 0 Å². The van der Waals surface area contributed by atoms with Crippen molar-refractivity contribution < 1.29 is 4.79 Å². The number of ketones is 1. The van der Waals surface area contributed by atoms with Crippen LogP contribution in [-0.2, 0) is 0 Å². The Morgan fingerprint density at radius 2 is 1.77 bits per heavy atom. The normalized spacial score (nSPS) is 14.4. The van der Waals surface area contributed by atoms with Crippen molar-refractivity contribution >= 4 is 17.2 Å². The van der Waals surface area contributed by atoms with Gasteiger partial charge in [-0.05, 0) is 56.5 Å². The van der Waals surface area contributed by atoms with Crippen molar-refractivity contribution in [2.45, 2.75) is 26.7 Å². The molecule has 1 aliphatic rings. The van der Waals surface area contributed by atoms with E-state index in [1.807, 2.05) is 50.2 Å². The maximum absolute atomic E-state index is 12.7. The van der Waals surface area contributed by atoms with Gasteiger partial charge in [0.2, 0.25) is 0 Å². The molecule has 2 N–H and O–H groups in total. The van der Waals surface area contributed by atoms with Gasteiger partial charge in [0.05, 0.1) is 11.4 Å². The van der Waals surface area contributed by atoms with Crippen LogP contribution in [0.2, 0.25) is 0 Å². The number of nitrogens with two attached hydrogens (primary N) is 1. The van der Waals surface area contributed by atoms with Crippen molar-refractivity contribution in [1.29, 1.82) is 0 Å². The van der Waals surface area contributed by atoms with Crippen molar-refractivity contribution in [2.24, 2.45) is 0 Å². The molecule has 2 aromatic carbocycles. The van der Waals surface area contributed by atoms with Gasteiger partial charge in [0.25, 0.3) is 0 Å². The number of hydrogen-bond donors (Lipinski definition) is 1. The van der Waals surface area contributed by atoms with Crippen LogP contribution in [0.4, 0.5) is 11.4 Å². The van der Waals surface area contributed by atoms with E-state index in [4.69, 9.17) is 5.73 Å². The highest BCUT2D eigenvalue weighted by molar-refractivity contribution is 6.10. The number of rotatable bonds is 3. The number of aryl methyl sites for hydroxylation is 2. The Balaban J connectivity index is 1.93. The molecule has 3 nitrogen and oxygen atoms in total. The summed E-state index contributed by atoms with van der Waals surface area (Å²) >= 11 is 0. The minimum atomic E-state index is 0.0425. The Bertz CT molecular complexity index is 715. The lowest BCUT2D eigenvalue weighted by Gasteiger charge is -2.20. The van der Waals surface area contributed by atoms with E-state index in [9.17, 15) is 4.79 Å². The van der Waals surface area contributed by atoms with Gasteiger partial charge in [-0.2, -0.15) is 0 Å². The molecular weight excluding hydrogens is 272 g/mol. The van der Waals surface area contributed by atoms with Crippen molar-refractivity contribution in [1.82, 2.24) is 0 Å². The summed E-state index contributed by atoms with van der Waals surface area (Å²) in [5.74, 6) is 0.0425. The lowest BCUT2D eigenvalue weighted by atomic mass is 9.97. The third-order valence-corrected chi connectivity index (χ3v) is 4.37. The molecule has 0 spiro atoms. The first-order chi connectivity index (χ1) is 10.6. The van der Waals surface area contributed by atoms with Crippen LogP contribution in [0.1, 0.15) is 39.9 Å². The molecule has 114 valence electrons. The highest BCUT2D eigenvalue weighted by Gasteiger charge is 2.17. The van der Waals surface area contributed by atoms with Crippen molar-refractivity contribution in [2.75, 3.05) is 23.7 Å². The second-order valence-corrected chi connectivity index (χ2v) is 6.12. The number of benzene rings is 2. The van der Waals surface area contributed by atoms with Gasteiger partial charge in [-0.1, -0.05) is 17.7 Å². The van der Waals surface area contributed by atoms with E-state index < -0.39 is 0 Å². The van der Waals surface area contributed by atoms with Crippen LogP contribution in [0.5, 0.6) is 0 Å². The standard InChI is InChI=1S/C19H22N2O/c1-13-5-6-14(2)16(11-13)19(22)15-7-8-18(17(20)12-15)21-9-3-4-10-21/h5-8,11-12H,3-4,9-10,20H2,1-2H3. The summed E-state index contributed by atoms with van der Waals surface area (Å²) in [6.45, 7) is 6.07. The predicted molar refractivity (Wildman–Crippen MR) is 91.6 cm³/mol. The molecule has 22 heavy (non-hydrogen) atoms. The van der Waals surface area contributed by atoms with E-state index in [1.165, 1.54) is 12.8 Å². The first kappa shape index (κ1) is 14.6. The minimum Gasteiger partial charge on any atom is -0.397 e. The maximum Gasteiger partial charge on any atom is 0.193 e. The zero-order chi connectivity index (χ0) is 15.7. The quantitative estimate of drug-likeness (QED) is 0.693. The Morgan fingerprint density at radius 1 is 1.05 bits per heavy atom. The molecule has 0 bridgehead atoms. The zero-order valence-electron chi connectivity index (χ0n) is 13.2. The van der Waals surface area contributed by atoms with E-state index in [2.05, 4.69) is 4.90 Å². The molecule has 0 amide bonds. The first-order valence-corrected chi connectivity index (χ1v) is 7.82. The summed E-state index contributed by atoms with van der Waals surface area (Å²) in [4.78, 5) is 15.0. The fourth-order valence-corrected chi connectivity index (χ4v) is 3.08. The number of nitrogens with zero attached hydrogens (tertiary/aromatic N) is 1. The van der Waals surface area contributed by atoms with Crippen LogP contribution >= 0.6 is 0 Å². The number of carbonyl (C=O) groups excluding carboxylic acids is 1. The van der Waals surface area contributed by atoms with E-state index in [0.29, 0.717) is 11.3 Å². The monoisotopic (exact) mass is 294 g/mol. The topological polar surface area (TPSA) is 46.3 Å². The van der Waals surface area contributed by atoms with Crippen molar-refractivity contribution in [3.63, 3.8) is 0 Å². The van der Waals surface area contributed by atoms with Gasteiger partial charge in [0, 0.05) is 24.2 Å². The number of nitrogen functional groups attached to an aromatic ring is 1. The van der Waals surface area contributed by atoms with Gasteiger partial charge in [-0.25, -0.2) is 0 Å². The van der Waals surface area contributed by atoms with E-state index >= 15 is 0 Å². The number of anilines is 2. The average molecular weight is 294 g/mol. The highest BCUT2D eigenvalue weighted by Crippen LogP contribution is 2.28. The molecule has 3 rings (SSSR count). The van der Waals surface area contributed by atoms with Gasteiger partial charge in [-0.3, -0.25) is 4.79 Å². The molecule has 1 heterocycles. The first-order valence-electron chi connectivity index (χ1n) is 7.82. The van der Waals surface area contributed by atoms with Gasteiger partial charge < -0.3 is 10.6 Å². The average Bonchev–Trinajstić information content (AvgIpc) is 3.03.